The number of hydrogen-bond donors (Lipinski definition) is 2. The van der Waals surface area contributed by atoms with Gasteiger partial charge in [0.15, 0.2) is 0 Å². The van der Waals surface area contributed by atoms with Crippen LogP contribution >= 0.6 is 0 Å². The first-order valence-corrected chi connectivity index (χ1v) is 7.16. The Bertz CT molecular complexity index is 634. The van der Waals surface area contributed by atoms with Crippen molar-refractivity contribution in [1.82, 2.24) is 9.97 Å². The molecule has 0 unspecified atom stereocenters. The van der Waals surface area contributed by atoms with Crippen molar-refractivity contribution in [3.8, 4) is 5.75 Å². The zero-order valence-corrected chi connectivity index (χ0v) is 11.6. The Kier molecular flexibility index (Phi) is 3.81. The summed E-state index contributed by atoms with van der Waals surface area (Å²) in [6, 6.07) is 7.96. The Morgan fingerprint density at radius 3 is 2.57 bits per heavy atom. The Morgan fingerprint density at radius 1 is 1.14 bits per heavy atom. The van der Waals surface area contributed by atoms with Gasteiger partial charge >= 0.3 is 0 Å². The Morgan fingerprint density at radius 2 is 1.86 bits per heavy atom. The van der Waals surface area contributed by atoms with E-state index in [1.54, 1.807) is 24.4 Å². The third kappa shape index (κ3) is 3.18. The predicted octanol–water partition coefficient (Wildman–Crippen LogP) is 3.09. The summed E-state index contributed by atoms with van der Waals surface area (Å²) in [5.41, 5.74) is 0.999. The summed E-state index contributed by atoms with van der Waals surface area (Å²) in [4.78, 5) is 20.9. The largest absolute Gasteiger partial charge is 0.508 e. The van der Waals surface area contributed by atoms with E-state index < -0.39 is 0 Å². The first-order valence-electron chi connectivity index (χ1n) is 7.16. The quantitative estimate of drug-likeness (QED) is 0.849. The molecule has 2 aromatic rings. The fraction of sp³-hybridized carbons (Fsp3) is 0.312. The van der Waals surface area contributed by atoms with Crippen LogP contribution in [0, 0.1) is 0 Å². The minimum Gasteiger partial charge on any atom is -0.508 e. The van der Waals surface area contributed by atoms with Gasteiger partial charge in [-0.25, -0.2) is 9.97 Å². The standard InChI is InChI=1S/C16H17N3O2/c20-13-7-5-12(6-8-13)18-16(21)14-9-10-17-15(19-14)11-3-1-2-4-11/h5-11,20H,1-4H2,(H,18,21). The van der Waals surface area contributed by atoms with Crippen LogP contribution in [0.5, 0.6) is 5.75 Å². The molecule has 5 heteroatoms. The van der Waals surface area contributed by atoms with Crippen LogP contribution in [0.15, 0.2) is 36.5 Å². The van der Waals surface area contributed by atoms with E-state index >= 15 is 0 Å². The number of aromatic nitrogens is 2. The molecule has 1 fully saturated rings. The van der Waals surface area contributed by atoms with E-state index in [0.717, 1.165) is 18.7 Å². The monoisotopic (exact) mass is 283 g/mol. The molecule has 21 heavy (non-hydrogen) atoms. The molecule has 0 atom stereocenters. The molecule has 0 saturated heterocycles. The van der Waals surface area contributed by atoms with Crippen LogP contribution in [0.2, 0.25) is 0 Å². The summed E-state index contributed by atoms with van der Waals surface area (Å²) in [5, 5.41) is 12.0. The van der Waals surface area contributed by atoms with Gasteiger partial charge in [0.05, 0.1) is 0 Å². The smallest absolute Gasteiger partial charge is 0.274 e. The first-order chi connectivity index (χ1) is 10.2. The SMILES string of the molecule is O=C(Nc1ccc(O)cc1)c1ccnc(C2CCCC2)n1. The zero-order valence-electron chi connectivity index (χ0n) is 11.6. The molecule has 1 amide bonds. The summed E-state index contributed by atoms with van der Waals surface area (Å²) in [5.74, 6) is 1.05. The van der Waals surface area contributed by atoms with Crippen LogP contribution in [0.3, 0.4) is 0 Å². The van der Waals surface area contributed by atoms with Crippen LogP contribution < -0.4 is 5.32 Å². The van der Waals surface area contributed by atoms with Gasteiger partial charge in [-0.15, -0.1) is 0 Å². The molecule has 2 N–H and O–H groups in total. The molecule has 0 aliphatic heterocycles. The molecule has 0 radical (unpaired) electrons. The second kappa shape index (κ2) is 5.91. The number of aromatic hydroxyl groups is 1. The van der Waals surface area contributed by atoms with Gasteiger partial charge in [-0.3, -0.25) is 4.79 Å². The molecule has 1 aliphatic carbocycles. The Labute approximate surface area is 123 Å². The Hall–Kier alpha value is -2.43. The number of hydrogen-bond acceptors (Lipinski definition) is 4. The van der Waals surface area contributed by atoms with E-state index in [4.69, 9.17) is 0 Å². The summed E-state index contributed by atoms with van der Waals surface area (Å²) in [6.07, 6.45) is 6.26. The summed E-state index contributed by atoms with van der Waals surface area (Å²) < 4.78 is 0. The number of phenols is 1. The molecule has 0 bridgehead atoms. The lowest BCUT2D eigenvalue weighted by Crippen LogP contribution is -2.15. The van der Waals surface area contributed by atoms with Crippen LogP contribution in [-0.4, -0.2) is 21.0 Å². The number of rotatable bonds is 3. The second-order valence-corrected chi connectivity index (χ2v) is 5.28. The summed E-state index contributed by atoms with van der Waals surface area (Å²) in [6.45, 7) is 0. The lowest BCUT2D eigenvalue weighted by molar-refractivity contribution is 0.102. The Balaban J connectivity index is 1.74. The molecule has 1 aromatic carbocycles. The van der Waals surface area contributed by atoms with E-state index in [2.05, 4.69) is 15.3 Å². The van der Waals surface area contributed by atoms with Crippen LogP contribution in [0.1, 0.15) is 47.9 Å². The lowest BCUT2D eigenvalue weighted by Gasteiger charge is -2.09. The average Bonchev–Trinajstić information content (AvgIpc) is 3.04. The van der Waals surface area contributed by atoms with Crippen LogP contribution in [0.25, 0.3) is 0 Å². The van der Waals surface area contributed by atoms with Gasteiger partial charge in [0.25, 0.3) is 5.91 Å². The minimum absolute atomic E-state index is 0.165. The fourth-order valence-corrected chi connectivity index (χ4v) is 2.62. The van der Waals surface area contributed by atoms with Gasteiger partial charge in [-0.2, -0.15) is 0 Å². The number of nitrogens with zero attached hydrogens (tertiary/aromatic N) is 2. The lowest BCUT2D eigenvalue weighted by atomic mass is 10.1. The van der Waals surface area contributed by atoms with Crippen LogP contribution in [0.4, 0.5) is 5.69 Å². The van der Waals surface area contributed by atoms with Crippen molar-refractivity contribution in [2.24, 2.45) is 0 Å². The van der Waals surface area contributed by atoms with Gasteiger partial charge in [0, 0.05) is 17.8 Å². The zero-order chi connectivity index (χ0) is 14.7. The average molecular weight is 283 g/mol. The second-order valence-electron chi connectivity index (χ2n) is 5.28. The van der Waals surface area contributed by atoms with Crippen molar-refractivity contribution in [2.45, 2.75) is 31.6 Å². The molecule has 3 rings (SSSR count). The molecular weight excluding hydrogens is 266 g/mol. The van der Waals surface area contributed by atoms with Crippen LogP contribution in [-0.2, 0) is 0 Å². The maximum absolute atomic E-state index is 12.2. The molecular formula is C16H17N3O2. The highest BCUT2D eigenvalue weighted by Gasteiger charge is 2.20. The van der Waals surface area contributed by atoms with Crippen molar-refractivity contribution in [1.29, 1.82) is 0 Å². The number of amides is 1. The highest BCUT2D eigenvalue weighted by atomic mass is 16.3. The minimum atomic E-state index is -0.262. The maximum atomic E-state index is 12.2. The van der Waals surface area contributed by atoms with Gasteiger partial charge in [0.2, 0.25) is 0 Å². The number of benzene rings is 1. The van der Waals surface area contributed by atoms with Crippen molar-refractivity contribution in [2.75, 3.05) is 5.32 Å². The van der Waals surface area contributed by atoms with Crippen molar-refractivity contribution in [3.05, 3.63) is 48.0 Å². The third-order valence-corrected chi connectivity index (χ3v) is 3.75. The first kappa shape index (κ1) is 13.5. The topological polar surface area (TPSA) is 75.1 Å². The molecule has 1 aliphatic rings. The van der Waals surface area contributed by atoms with Gasteiger partial charge in [0.1, 0.15) is 17.3 Å². The maximum Gasteiger partial charge on any atom is 0.274 e. The van der Waals surface area contributed by atoms with Crippen molar-refractivity contribution in [3.63, 3.8) is 0 Å². The van der Waals surface area contributed by atoms with Gasteiger partial charge in [-0.1, -0.05) is 12.8 Å². The highest BCUT2D eigenvalue weighted by molar-refractivity contribution is 6.02. The number of carbonyl (C=O) groups excluding carboxylic acids is 1. The number of anilines is 1. The van der Waals surface area contributed by atoms with E-state index in [9.17, 15) is 9.90 Å². The molecule has 1 aromatic heterocycles. The molecule has 0 spiro atoms. The number of carbonyl (C=O) groups is 1. The van der Waals surface area contributed by atoms with E-state index in [-0.39, 0.29) is 11.7 Å². The third-order valence-electron chi connectivity index (χ3n) is 3.75. The number of nitrogens with one attached hydrogen (secondary N) is 1. The molecule has 1 saturated carbocycles. The van der Waals surface area contributed by atoms with E-state index in [1.165, 1.54) is 25.0 Å². The molecule has 108 valence electrons. The van der Waals surface area contributed by atoms with Crippen molar-refractivity contribution < 1.29 is 9.90 Å². The normalized spacial score (nSPS) is 15.0. The van der Waals surface area contributed by atoms with E-state index in [1.807, 2.05) is 0 Å². The van der Waals surface area contributed by atoms with E-state index in [0.29, 0.717) is 17.3 Å². The molecule has 5 nitrogen and oxygen atoms in total. The molecule has 1 heterocycles. The summed E-state index contributed by atoms with van der Waals surface area (Å²) in [7, 11) is 0. The summed E-state index contributed by atoms with van der Waals surface area (Å²) >= 11 is 0. The highest BCUT2D eigenvalue weighted by Crippen LogP contribution is 2.31. The van der Waals surface area contributed by atoms with Crippen molar-refractivity contribution >= 4 is 11.6 Å². The van der Waals surface area contributed by atoms with Gasteiger partial charge in [-0.05, 0) is 43.2 Å². The fourth-order valence-electron chi connectivity index (χ4n) is 2.62. The van der Waals surface area contributed by atoms with Gasteiger partial charge < -0.3 is 10.4 Å². The predicted molar refractivity (Wildman–Crippen MR) is 79.3 cm³/mol. The number of phenolic OH excluding ortho intramolecular Hbond substituents is 1.